The molecule has 0 spiro atoms. The Morgan fingerprint density at radius 2 is 1.70 bits per heavy atom. The largest absolute Gasteiger partial charge is 0.394 e. The fourth-order valence-electron chi connectivity index (χ4n) is 3.87. The first kappa shape index (κ1) is 22.2. The highest BCUT2D eigenvalue weighted by Gasteiger charge is 2.45. The van der Waals surface area contributed by atoms with Gasteiger partial charge in [0.2, 0.25) is 0 Å². The minimum absolute atomic E-state index is 0.199. The summed E-state index contributed by atoms with van der Waals surface area (Å²) in [6.07, 6.45) is -1.95. The van der Waals surface area contributed by atoms with Crippen LogP contribution < -0.4 is 10.2 Å². The van der Waals surface area contributed by atoms with E-state index < -0.39 is 18.3 Å². The van der Waals surface area contributed by atoms with Crippen molar-refractivity contribution in [3.8, 4) is 0 Å². The Labute approximate surface area is 177 Å². The average molecular weight is 414 g/mol. The number of nitrogens with one attached hydrogen (secondary N) is 1. The standard InChI is InChI=1S/C23H31N3O4/c1-25(2)18-11-9-17(10-12-18)23(29)24-13-19-21(22(28)20(15-27)30-19)26(3)14-16-7-5-4-6-8-16/h4-12,19-22,27-28H,13-15H2,1-3H3,(H,24,29)/t19-,20+,21+,22-/m1/s1. The van der Waals surface area contributed by atoms with Crippen molar-refractivity contribution in [2.75, 3.05) is 39.2 Å². The van der Waals surface area contributed by atoms with E-state index in [2.05, 4.69) is 5.32 Å². The molecule has 3 N–H and O–H groups in total. The molecule has 1 aliphatic heterocycles. The van der Waals surface area contributed by atoms with Crippen LogP contribution in [0.3, 0.4) is 0 Å². The molecule has 1 aliphatic rings. The molecule has 4 atom stereocenters. The number of nitrogens with zero attached hydrogens (tertiary/aromatic N) is 2. The lowest BCUT2D eigenvalue weighted by molar-refractivity contribution is -0.0209. The third kappa shape index (κ3) is 5.17. The van der Waals surface area contributed by atoms with Crippen LogP contribution in [-0.2, 0) is 11.3 Å². The maximum Gasteiger partial charge on any atom is 0.251 e. The molecular formula is C23H31N3O4. The topological polar surface area (TPSA) is 85.3 Å². The second-order valence-electron chi connectivity index (χ2n) is 7.93. The van der Waals surface area contributed by atoms with Crippen LogP contribution in [0.1, 0.15) is 15.9 Å². The zero-order valence-electron chi connectivity index (χ0n) is 17.7. The third-order valence-corrected chi connectivity index (χ3v) is 5.53. The molecule has 0 saturated carbocycles. The van der Waals surface area contributed by atoms with E-state index >= 15 is 0 Å². The van der Waals surface area contributed by atoms with Crippen LogP contribution in [0.2, 0.25) is 0 Å². The van der Waals surface area contributed by atoms with Crippen molar-refractivity contribution in [2.45, 2.75) is 30.9 Å². The maximum atomic E-state index is 12.6. The van der Waals surface area contributed by atoms with E-state index in [1.54, 1.807) is 12.1 Å². The summed E-state index contributed by atoms with van der Waals surface area (Å²) in [5, 5.41) is 23.2. The van der Waals surface area contributed by atoms with Gasteiger partial charge in [-0.25, -0.2) is 0 Å². The fraction of sp³-hybridized carbons (Fsp3) is 0.435. The monoisotopic (exact) mass is 413 g/mol. The van der Waals surface area contributed by atoms with Crippen molar-refractivity contribution in [1.82, 2.24) is 10.2 Å². The molecule has 30 heavy (non-hydrogen) atoms. The molecule has 1 amide bonds. The highest BCUT2D eigenvalue weighted by molar-refractivity contribution is 5.94. The van der Waals surface area contributed by atoms with Gasteiger partial charge >= 0.3 is 0 Å². The zero-order chi connectivity index (χ0) is 21.7. The van der Waals surface area contributed by atoms with Crippen LogP contribution >= 0.6 is 0 Å². The Bertz CT molecular complexity index is 813. The summed E-state index contributed by atoms with van der Waals surface area (Å²) in [6, 6.07) is 17.0. The number of rotatable bonds is 8. The van der Waals surface area contributed by atoms with Crippen LogP contribution in [0, 0.1) is 0 Å². The number of anilines is 1. The summed E-state index contributed by atoms with van der Waals surface area (Å²) in [5.41, 5.74) is 2.69. The van der Waals surface area contributed by atoms with E-state index in [1.165, 1.54) is 0 Å². The van der Waals surface area contributed by atoms with Gasteiger partial charge in [-0.1, -0.05) is 30.3 Å². The first-order valence-corrected chi connectivity index (χ1v) is 10.1. The maximum absolute atomic E-state index is 12.6. The molecule has 1 saturated heterocycles. The summed E-state index contributed by atoms with van der Waals surface area (Å²) in [5.74, 6) is -0.199. The molecule has 3 rings (SSSR count). The van der Waals surface area contributed by atoms with Crippen LogP contribution in [0.15, 0.2) is 54.6 Å². The van der Waals surface area contributed by atoms with Gasteiger partial charge in [0.15, 0.2) is 0 Å². The van der Waals surface area contributed by atoms with E-state index in [0.29, 0.717) is 12.1 Å². The Balaban J connectivity index is 1.65. The molecular weight excluding hydrogens is 382 g/mol. The van der Waals surface area contributed by atoms with Gasteiger partial charge in [0.25, 0.3) is 5.91 Å². The molecule has 2 aromatic carbocycles. The summed E-state index contributed by atoms with van der Waals surface area (Å²) < 4.78 is 5.87. The average Bonchev–Trinajstić information content (AvgIpc) is 3.08. The summed E-state index contributed by atoms with van der Waals surface area (Å²) in [6.45, 7) is 0.597. The highest BCUT2D eigenvalue weighted by Crippen LogP contribution is 2.26. The van der Waals surface area contributed by atoms with Crippen molar-refractivity contribution < 1.29 is 19.7 Å². The van der Waals surface area contributed by atoms with Gasteiger partial charge in [-0.05, 0) is 36.9 Å². The van der Waals surface area contributed by atoms with E-state index in [4.69, 9.17) is 4.74 Å². The number of benzene rings is 2. The SMILES string of the molecule is CN(C)c1ccc(C(=O)NC[C@H]2O[C@@H](CO)[C@@H](O)[C@H]2N(C)Cc2ccccc2)cc1. The number of hydrogen-bond donors (Lipinski definition) is 3. The summed E-state index contributed by atoms with van der Waals surface area (Å²) >= 11 is 0. The van der Waals surface area contributed by atoms with Gasteiger partial charge in [0.1, 0.15) is 12.2 Å². The van der Waals surface area contributed by atoms with Crippen molar-refractivity contribution >= 4 is 11.6 Å². The van der Waals surface area contributed by atoms with Crippen LogP contribution in [-0.4, -0.2) is 79.7 Å². The van der Waals surface area contributed by atoms with Gasteiger partial charge < -0.3 is 25.2 Å². The van der Waals surface area contributed by atoms with E-state index in [9.17, 15) is 15.0 Å². The Morgan fingerprint density at radius 3 is 2.30 bits per heavy atom. The van der Waals surface area contributed by atoms with E-state index in [-0.39, 0.29) is 25.1 Å². The molecule has 0 unspecified atom stereocenters. The summed E-state index contributed by atoms with van der Waals surface area (Å²) in [4.78, 5) is 16.6. The van der Waals surface area contributed by atoms with Gasteiger partial charge in [-0.2, -0.15) is 0 Å². The highest BCUT2D eigenvalue weighted by atomic mass is 16.5. The Kier molecular flexibility index (Phi) is 7.44. The van der Waals surface area contributed by atoms with Crippen molar-refractivity contribution in [2.24, 2.45) is 0 Å². The predicted octanol–water partition coefficient (Wildman–Crippen LogP) is 1.10. The predicted molar refractivity (Wildman–Crippen MR) is 117 cm³/mol. The molecule has 0 aliphatic carbocycles. The lowest BCUT2D eigenvalue weighted by atomic mass is 10.0. The Hall–Kier alpha value is -2.45. The van der Waals surface area contributed by atoms with Crippen LogP contribution in [0.25, 0.3) is 0 Å². The molecule has 7 nitrogen and oxygen atoms in total. The fourth-order valence-corrected chi connectivity index (χ4v) is 3.87. The number of amides is 1. The number of hydrogen-bond acceptors (Lipinski definition) is 6. The number of carbonyl (C=O) groups is 1. The number of likely N-dealkylation sites (N-methyl/N-ethyl adjacent to an activating group) is 1. The molecule has 0 bridgehead atoms. The van der Waals surface area contributed by atoms with E-state index in [1.807, 2.05) is 73.4 Å². The third-order valence-electron chi connectivity index (χ3n) is 5.53. The molecule has 1 heterocycles. The lowest BCUT2D eigenvalue weighted by Gasteiger charge is -2.30. The minimum Gasteiger partial charge on any atom is -0.394 e. The lowest BCUT2D eigenvalue weighted by Crippen LogP contribution is -2.49. The number of aliphatic hydroxyl groups excluding tert-OH is 2. The smallest absolute Gasteiger partial charge is 0.251 e. The zero-order valence-corrected chi connectivity index (χ0v) is 17.7. The first-order chi connectivity index (χ1) is 14.4. The van der Waals surface area contributed by atoms with E-state index in [0.717, 1.165) is 11.3 Å². The van der Waals surface area contributed by atoms with Crippen molar-refractivity contribution in [3.05, 3.63) is 65.7 Å². The molecule has 0 aromatic heterocycles. The Morgan fingerprint density at radius 1 is 1.03 bits per heavy atom. The quantitative estimate of drug-likeness (QED) is 0.601. The van der Waals surface area contributed by atoms with Gasteiger partial charge in [-0.15, -0.1) is 0 Å². The molecule has 162 valence electrons. The van der Waals surface area contributed by atoms with Crippen LogP contribution in [0.4, 0.5) is 5.69 Å². The molecule has 2 aromatic rings. The minimum atomic E-state index is -0.843. The number of ether oxygens (including phenoxy) is 1. The first-order valence-electron chi connectivity index (χ1n) is 10.1. The van der Waals surface area contributed by atoms with Gasteiger partial charge in [0.05, 0.1) is 18.8 Å². The molecule has 1 fully saturated rings. The molecule has 0 radical (unpaired) electrons. The van der Waals surface area contributed by atoms with Crippen molar-refractivity contribution in [1.29, 1.82) is 0 Å². The van der Waals surface area contributed by atoms with Crippen LogP contribution in [0.5, 0.6) is 0 Å². The molecule has 7 heteroatoms. The second kappa shape index (κ2) is 10.0. The van der Waals surface area contributed by atoms with Gasteiger partial charge in [0, 0.05) is 38.4 Å². The number of aliphatic hydroxyl groups is 2. The number of carbonyl (C=O) groups excluding carboxylic acids is 1. The van der Waals surface area contributed by atoms with Crippen molar-refractivity contribution in [3.63, 3.8) is 0 Å². The second-order valence-corrected chi connectivity index (χ2v) is 7.93. The normalized spacial score (nSPS) is 23.5. The summed E-state index contributed by atoms with van der Waals surface area (Å²) in [7, 11) is 5.81. The van der Waals surface area contributed by atoms with Gasteiger partial charge in [-0.3, -0.25) is 9.69 Å².